The number of anilines is 1. The molecule has 0 radical (unpaired) electrons. The Bertz CT molecular complexity index is 1130. The smallest absolute Gasteiger partial charge is 0.264 e. The maximum Gasteiger partial charge on any atom is 0.264 e. The first kappa shape index (κ1) is 24.1. The Balaban J connectivity index is 1.72. The van der Waals surface area contributed by atoms with Crippen molar-refractivity contribution in [3.8, 4) is 5.75 Å². The first-order valence-corrected chi connectivity index (χ1v) is 12.6. The summed E-state index contributed by atoms with van der Waals surface area (Å²) in [4.78, 5) is 12.9. The third-order valence-corrected chi connectivity index (χ3v) is 7.17. The number of ether oxygens (including phenoxy) is 1. The van der Waals surface area contributed by atoms with Crippen molar-refractivity contribution in [2.45, 2.75) is 24.8 Å². The number of aryl methyl sites for hydroxylation is 1. The van der Waals surface area contributed by atoms with E-state index in [0.717, 1.165) is 13.4 Å². The number of nitrogens with one attached hydrogen (secondary N) is 1. The molecule has 0 heterocycles. The standard InChI is InChI=1S/C24H25IN2O4S/c1-18-8-14-22(15-9-18)31-17-19(2)26-24(28)16-27(21-12-10-20(25)11-13-21)32(29,30)23-6-4-3-5-7-23/h3-15,19H,16-17H2,1-2H3,(H,26,28). The molecule has 1 amide bonds. The Morgan fingerprint density at radius 1 is 1.00 bits per heavy atom. The lowest BCUT2D eigenvalue weighted by atomic mass is 10.2. The summed E-state index contributed by atoms with van der Waals surface area (Å²) in [6, 6.07) is 22.4. The second kappa shape index (κ2) is 10.8. The van der Waals surface area contributed by atoms with E-state index in [1.807, 2.05) is 38.1 Å². The minimum absolute atomic E-state index is 0.127. The molecule has 0 saturated heterocycles. The number of sulfonamides is 1. The zero-order valence-electron chi connectivity index (χ0n) is 17.9. The third-order valence-electron chi connectivity index (χ3n) is 4.66. The van der Waals surface area contributed by atoms with Crippen LogP contribution in [-0.4, -0.2) is 33.5 Å². The fourth-order valence-corrected chi connectivity index (χ4v) is 4.79. The van der Waals surface area contributed by atoms with Crippen molar-refractivity contribution in [2.75, 3.05) is 17.5 Å². The van der Waals surface area contributed by atoms with Crippen molar-refractivity contribution >= 4 is 44.2 Å². The first-order chi connectivity index (χ1) is 15.3. The van der Waals surface area contributed by atoms with Gasteiger partial charge in [-0.2, -0.15) is 0 Å². The molecule has 3 aromatic carbocycles. The van der Waals surface area contributed by atoms with Crippen molar-refractivity contribution in [1.82, 2.24) is 5.32 Å². The van der Waals surface area contributed by atoms with Crippen LogP contribution in [0.3, 0.4) is 0 Å². The van der Waals surface area contributed by atoms with Crippen LogP contribution in [0.1, 0.15) is 12.5 Å². The van der Waals surface area contributed by atoms with E-state index in [2.05, 4.69) is 27.9 Å². The molecule has 0 bridgehead atoms. The minimum Gasteiger partial charge on any atom is -0.491 e. The van der Waals surface area contributed by atoms with Gasteiger partial charge in [-0.05, 0) is 85.0 Å². The molecular formula is C24H25IN2O4S. The van der Waals surface area contributed by atoms with Gasteiger partial charge in [0.1, 0.15) is 18.9 Å². The summed E-state index contributed by atoms with van der Waals surface area (Å²) in [5, 5.41) is 2.83. The van der Waals surface area contributed by atoms with Gasteiger partial charge in [0.2, 0.25) is 5.91 Å². The van der Waals surface area contributed by atoms with Gasteiger partial charge in [0.15, 0.2) is 0 Å². The first-order valence-electron chi connectivity index (χ1n) is 10.1. The SMILES string of the molecule is Cc1ccc(OCC(C)NC(=O)CN(c2ccc(I)cc2)S(=O)(=O)c2ccccc2)cc1. The molecule has 0 aliphatic rings. The van der Waals surface area contributed by atoms with Gasteiger partial charge in [0, 0.05) is 3.57 Å². The van der Waals surface area contributed by atoms with Crippen LogP contribution >= 0.6 is 22.6 Å². The average Bonchev–Trinajstić information content (AvgIpc) is 2.78. The van der Waals surface area contributed by atoms with Crippen molar-refractivity contribution in [2.24, 2.45) is 0 Å². The predicted molar refractivity (Wildman–Crippen MR) is 134 cm³/mol. The van der Waals surface area contributed by atoms with E-state index < -0.39 is 15.9 Å². The van der Waals surface area contributed by atoms with Gasteiger partial charge in [0.05, 0.1) is 16.6 Å². The Kier molecular flexibility index (Phi) is 8.14. The summed E-state index contributed by atoms with van der Waals surface area (Å²) in [5.74, 6) is 0.298. The van der Waals surface area contributed by atoms with Gasteiger partial charge in [0.25, 0.3) is 10.0 Å². The topological polar surface area (TPSA) is 75.7 Å². The van der Waals surface area contributed by atoms with Gasteiger partial charge < -0.3 is 10.1 Å². The van der Waals surface area contributed by atoms with Gasteiger partial charge in [-0.25, -0.2) is 8.42 Å². The van der Waals surface area contributed by atoms with E-state index >= 15 is 0 Å². The van der Waals surface area contributed by atoms with Crippen LogP contribution in [0.25, 0.3) is 0 Å². The number of benzene rings is 3. The number of hydrogen-bond donors (Lipinski definition) is 1. The lowest BCUT2D eigenvalue weighted by molar-refractivity contribution is -0.120. The molecule has 0 spiro atoms. The third kappa shape index (κ3) is 6.46. The van der Waals surface area contributed by atoms with Crippen molar-refractivity contribution < 1.29 is 17.9 Å². The van der Waals surface area contributed by atoms with E-state index in [0.29, 0.717) is 11.4 Å². The van der Waals surface area contributed by atoms with E-state index in [-0.39, 0.29) is 24.1 Å². The zero-order chi connectivity index (χ0) is 23.1. The normalized spacial score (nSPS) is 12.1. The molecule has 6 nitrogen and oxygen atoms in total. The Morgan fingerprint density at radius 2 is 1.62 bits per heavy atom. The lowest BCUT2D eigenvalue weighted by Gasteiger charge is -2.25. The summed E-state index contributed by atoms with van der Waals surface area (Å²) < 4.78 is 34.4. The highest BCUT2D eigenvalue weighted by molar-refractivity contribution is 14.1. The Labute approximate surface area is 202 Å². The second-order valence-electron chi connectivity index (χ2n) is 7.39. The number of nitrogens with zero attached hydrogens (tertiary/aromatic N) is 1. The van der Waals surface area contributed by atoms with Gasteiger partial charge in [-0.3, -0.25) is 9.10 Å². The van der Waals surface area contributed by atoms with Crippen molar-refractivity contribution in [3.05, 3.63) is 88.0 Å². The summed E-state index contributed by atoms with van der Waals surface area (Å²) in [5.41, 5.74) is 1.56. The van der Waals surface area contributed by atoms with E-state index in [9.17, 15) is 13.2 Å². The van der Waals surface area contributed by atoms with E-state index in [4.69, 9.17) is 4.74 Å². The summed E-state index contributed by atoms with van der Waals surface area (Å²) in [7, 11) is -3.92. The lowest BCUT2D eigenvalue weighted by Crippen LogP contribution is -2.45. The van der Waals surface area contributed by atoms with Crippen LogP contribution in [0.2, 0.25) is 0 Å². The number of carbonyl (C=O) groups excluding carboxylic acids is 1. The molecule has 1 unspecified atom stereocenters. The van der Waals surface area contributed by atoms with Crippen LogP contribution in [-0.2, 0) is 14.8 Å². The summed E-state index contributed by atoms with van der Waals surface area (Å²) >= 11 is 2.15. The molecule has 0 aliphatic heterocycles. The van der Waals surface area contributed by atoms with Gasteiger partial charge >= 0.3 is 0 Å². The monoisotopic (exact) mass is 564 g/mol. The molecule has 168 valence electrons. The van der Waals surface area contributed by atoms with Gasteiger partial charge in [-0.15, -0.1) is 0 Å². The number of hydrogen-bond acceptors (Lipinski definition) is 4. The summed E-state index contributed by atoms with van der Waals surface area (Å²) in [6.45, 7) is 3.74. The minimum atomic E-state index is -3.92. The van der Waals surface area contributed by atoms with Gasteiger partial charge in [-0.1, -0.05) is 35.9 Å². The van der Waals surface area contributed by atoms with Crippen LogP contribution in [0.5, 0.6) is 5.75 Å². The molecule has 0 saturated carbocycles. The predicted octanol–water partition coefficient (Wildman–Crippen LogP) is 4.38. The molecule has 0 aliphatic carbocycles. The van der Waals surface area contributed by atoms with E-state index in [1.54, 1.807) is 42.5 Å². The second-order valence-corrected chi connectivity index (χ2v) is 10.5. The number of rotatable bonds is 9. The van der Waals surface area contributed by atoms with Crippen LogP contribution in [0.4, 0.5) is 5.69 Å². The van der Waals surface area contributed by atoms with E-state index in [1.165, 1.54) is 12.1 Å². The van der Waals surface area contributed by atoms with Crippen LogP contribution < -0.4 is 14.4 Å². The fourth-order valence-electron chi connectivity index (χ4n) is 2.99. The number of carbonyl (C=O) groups is 1. The highest BCUT2D eigenvalue weighted by Crippen LogP contribution is 2.24. The molecule has 1 atom stereocenters. The maximum atomic E-state index is 13.3. The number of amides is 1. The molecule has 1 N–H and O–H groups in total. The maximum absolute atomic E-state index is 13.3. The average molecular weight is 564 g/mol. The molecule has 0 aromatic heterocycles. The molecule has 3 aromatic rings. The largest absolute Gasteiger partial charge is 0.491 e. The van der Waals surface area contributed by atoms with Crippen LogP contribution in [0, 0.1) is 10.5 Å². The molecule has 3 rings (SSSR count). The highest BCUT2D eigenvalue weighted by atomic mass is 127. The highest BCUT2D eigenvalue weighted by Gasteiger charge is 2.27. The van der Waals surface area contributed by atoms with Crippen LogP contribution in [0.15, 0.2) is 83.8 Å². The molecule has 8 heteroatoms. The quantitative estimate of drug-likeness (QED) is 0.392. The van der Waals surface area contributed by atoms with Crippen molar-refractivity contribution in [3.63, 3.8) is 0 Å². The molecule has 0 fully saturated rings. The fraction of sp³-hybridized carbons (Fsp3) is 0.208. The zero-order valence-corrected chi connectivity index (χ0v) is 20.8. The summed E-state index contributed by atoms with van der Waals surface area (Å²) in [6.07, 6.45) is 0. The Morgan fingerprint density at radius 3 is 2.25 bits per heavy atom. The molecular weight excluding hydrogens is 539 g/mol. The van der Waals surface area contributed by atoms with Crippen molar-refractivity contribution in [1.29, 1.82) is 0 Å². The number of halogens is 1. The Hall–Kier alpha value is -2.59. The molecule has 32 heavy (non-hydrogen) atoms.